The summed E-state index contributed by atoms with van der Waals surface area (Å²) in [5, 5.41) is 0. The lowest BCUT2D eigenvalue weighted by Gasteiger charge is -2.11. The summed E-state index contributed by atoms with van der Waals surface area (Å²) in [6, 6.07) is 3.95. The maximum atomic E-state index is 5.41. The molecule has 3 heteroatoms. The molecule has 13 heavy (non-hydrogen) atoms. The summed E-state index contributed by atoms with van der Waals surface area (Å²) < 4.78 is 5.41. The third kappa shape index (κ3) is 2.70. The van der Waals surface area contributed by atoms with Gasteiger partial charge in [-0.05, 0) is 12.0 Å². The van der Waals surface area contributed by atoms with Crippen LogP contribution in [0.25, 0.3) is 0 Å². The predicted molar refractivity (Wildman–Crippen MR) is 52.9 cm³/mol. The van der Waals surface area contributed by atoms with E-state index in [2.05, 4.69) is 18.8 Å². The maximum Gasteiger partial charge on any atom is 0.216 e. The van der Waals surface area contributed by atoms with Crippen molar-refractivity contribution < 1.29 is 4.74 Å². The van der Waals surface area contributed by atoms with Gasteiger partial charge < -0.3 is 10.5 Å². The second-order valence-corrected chi connectivity index (χ2v) is 3.19. The summed E-state index contributed by atoms with van der Waals surface area (Å²) in [7, 11) is 0. The molecule has 0 bridgehead atoms. The third-order valence-corrected chi connectivity index (χ3v) is 1.78. The molecule has 0 aromatic carbocycles. The zero-order chi connectivity index (χ0) is 9.68. The number of hydrogen-bond donors (Lipinski definition) is 1. The molecule has 0 radical (unpaired) electrons. The molecule has 0 spiro atoms. The van der Waals surface area contributed by atoms with Gasteiger partial charge in [0.1, 0.15) is 6.61 Å². The highest BCUT2D eigenvalue weighted by atomic mass is 16.5. The Morgan fingerprint density at radius 3 is 2.92 bits per heavy atom. The molecule has 0 unspecified atom stereocenters. The average Bonchev–Trinajstić information content (AvgIpc) is 2.15. The van der Waals surface area contributed by atoms with Crippen LogP contribution in [0, 0.1) is 0 Å². The second kappa shape index (κ2) is 4.82. The highest BCUT2D eigenvalue weighted by Crippen LogP contribution is 2.22. The Kier molecular flexibility index (Phi) is 3.71. The van der Waals surface area contributed by atoms with E-state index in [0.29, 0.717) is 24.9 Å². The Morgan fingerprint density at radius 2 is 2.31 bits per heavy atom. The van der Waals surface area contributed by atoms with Crippen molar-refractivity contribution in [3.05, 3.63) is 23.9 Å². The zero-order valence-corrected chi connectivity index (χ0v) is 8.16. The van der Waals surface area contributed by atoms with Crippen molar-refractivity contribution in [3.8, 4) is 5.88 Å². The monoisotopic (exact) mass is 180 g/mol. The van der Waals surface area contributed by atoms with Crippen molar-refractivity contribution in [1.82, 2.24) is 4.98 Å². The van der Waals surface area contributed by atoms with Gasteiger partial charge in [0.25, 0.3) is 0 Å². The van der Waals surface area contributed by atoms with E-state index in [4.69, 9.17) is 10.5 Å². The van der Waals surface area contributed by atoms with Crippen LogP contribution in [0.4, 0.5) is 0 Å². The van der Waals surface area contributed by atoms with Crippen LogP contribution in [0.15, 0.2) is 18.3 Å². The molecular formula is C10H16N2O. The van der Waals surface area contributed by atoms with Gasteiger partial charge in [-0.25, -0.2) is 4.98 Å². The van der Waals surface area contributed by atoms with Crippen molar-refractivity contribution in [2.45, 2.75) is 19.8 Å². The van der Waals surface area contributed by atoms with Gasteiger partial charge in [0.05, 0.1) is 0 Å². The maximum absolute atomic E-state index is 5.41. The molecule has 1 heterocycles. The minimum Gasteiger partial charge on any atom is -0.476 e. The van der Waals surface area contributed by atoms with Crippen molar-refractivity contribution >= 4 is 0 Å². The number of nitrogens with zero attached hydrogens (tertiary/aromatic N) is 1. The molecule has 0 aliphatic rings. The first-order chi connectivity index (χ1) is 6.25. The van der Waals surface area contributed by atoms with Gasteiger partial charge in [0.2, 0.25) is 5.88 Å². The van der Waals surface area contributed by atoms with Gasteiger partial charge in [0, 0.05) is 18.3 Å². The predicted octanol–water partition coefficient (Wildman–Crippen LogP) is 1.54. The molecule has 0 aliphatic carbocycles. The van der Waals surface area contributed by atoms with Gasteiger partial charge in [-0.15, -0.1) is 0 Å². The summed E-state index contributed by atoms with van der Waals surface area (Å²) in [6.45, 7) is 5.28. The number of pyridine rings is 1. The molecule has 1 rings (SSSR count). The van der Waals surface area contributed by atoms with Crippen LogP contribution in [0.1, 0.15) is 25.3 Å². The Labute approximate surface area is 78.9 Å². The fourth-order valence-corrected chi connectivity index (χ4v) is 1.12. The van der Waals surface area contributed by atoms with Crippen molar-refractivity contribution in [2.75, 3.05) is 13.2 Å². The minimum atomic E-state index is 0.432. The molecule has 0 saturated heterocycles. The largest absolute Gasteiger partial charge is 0.476 e. The van der Waals surface area contributed by atoms with Gasteiger partial charge in [-0.3, -0.25) is 0 Å². The normalized spacial score (nSPS) is 10.5. The van der Waals surface area contributed by atoms with E-state index < -0.39 is 0 Å². The Morgan fingerprint density at radius 1 is 1.54 bits per heavy atom. The van der Waals surface area contributed by atoms with Crippen molar-refractivity contribution in [3.63, 3.8) is 0 Å². The van der Waals surface area contributed by atoms with Crippen molar-refractivity contribution in [2.24, 2.45) is 5.73 Å². The van der Waals surface area contributed by atoms with E-state index in [0.717, 1.165) is 5.56 Å². The first-order valence-corrected chi connectivity index (χ1v) is 4.53. The lowest BCUT2D eigenvalue weighted by Crippen LogP contribution is -2.12. The van der Waals surface area contributed by atoms with Crippen LogP contribution >= 0.6 is 0 Å². The molecule has 2 N–H and O–H groups in total. The summed E-state index contributed by atoms with van der Waals surface area (Å²) >= 11 is 0. The second-order valence-electron chi connectivity index (χ2n) is 3.19. The Balaban J connectivity index is 2.78. The molecule has 1 aromatic rings. The SMILES string of the molecule is CC(C)c1cccnc1OCCN. The third-order valence-electron chi connectivity index (χ3n) is 1.78. The fraction of sp³-hybridized carbons (Fsp3) is 0.500. The Hall–Kier alpha value is -1.09. The molecule has 0 saturated carbocycles. The van der Waals surface area contributed by atoms with E-state index in [1.54, 1.807) is 6.20 Å². The molecular weight excluding hydrogens is 164 g/mol. The van der Waals surface area contributed by atoms with E-state index >= 15 is 0 Å². The van der Waals surface area contributed by atoms with Gasteiger partial charge in [-0.2, -0.15) is 0 Å². The first-order valence-electron chi connectivity index (χ1n) is 4.53. The molecule has 0 atom stereocenters. The van der Waals surface area contributed by atoms with E-state index in [-0.39, 0.29) is 0 Å². The summed E-state index contributed by atoms with van der Waals surface area (Å²) in [4.78, 5) is 4.16. The molecule has 3 nitrogen and oxygen atoms in total. The van der Waals surface area contributed by atoms with Crippen molar-refractivity contribution in [1.29, 1.82) is 0 Å². The van der Waals surface area contributed by atoms with E-state index in [1.807, 2.05) is 12.1 Å². The molecule has 0 aliphatic heterocycles. The van der Waals surface area contributed by atoms with Crippen LogP contribution in [0.2, 0.25) is 0 Å². The standard InChI is InChI=1S/C10H16N2O/c1-8(2)9-4-3-6-12-10(9)13-7-5-11/h3-4,6,8H,5,7,11H2,1-2H3. The smallest absolute Gasteiger partial charge is 0.216 e. The van der Waals surface area contributed by atoms with E-state index in [9.17, 15) is 0 Å². The lowest BCUT2D eigenvalue weighted by atomic mass is 10.1. The van der Waals surface area contributed by atoms with E-state index in [1.165, 1.54) is 0 Å². The minimum absolute atomic E-state index is 0.432. The number of aromatic nitrogens is 1. The van der Waals surface area contributed by atoms with Crippen LogP contribution in [-0.4, -0.2) is 18.1 Å². The average molecular weight is 180 g/mol. The number of ether oxygens (including phenoxy) is 1. The Bertz CT molecular complexity index is 261. The van der Waals surface area contributed by atoms with Crippen LogP contribution in [0.5, 0.6) is 5.88 Å². The van der Waals surface area contributed by atoms with Crippen LogP contribution in [0.3, 0.4) is 0 Å². The highest BCUT2D eigenvalue weighted by molar-refractivity contribution is 5.28. The number of rotatable bonds is 4. The zero-order valence-electron chi connectivity index (χ0n) is 8.16. The first kappa shape index (κ1) is 9.99. The summed E-state index contributed by atoms with van der Waals surface area (Å²) in [5.74, 6) is 1.14. The summed E-state index contributed by atoms with van der Waals surface area (Å²) in [6.07, 6.45) is 1.73. The summed E-state index contributed by atoms with van der Waals surface area (Å²) in [5.41, 5.74) is 6.48. The molecule has 0 fully saturated rings. The lowest BCUT2D eigenvalue weighted by molar-refractivity contribution is 0.310. The molecule has 1 aromatic heterocycles. The fourth-order valence-electron chi connectivity index (χ4n) is 1.12. The van der Waals surface area contributed by atoms with Crippen LogP contribution < -0.4 is 10.5 Å². The molecule has 0 amide bonds. The highest BCUT2D eigenvalue weighted by Gasteiger charge is 2.07. The topological polar surface area (TPSA) is 48.1 Å². The van der Waals surface area contributed by atoms with Crippen LogP contribution in [-0.2, 0) is 0 Å². The quantitative estimate of drug-likeness (QED) is 0.764. The van der Waals surface area contributed by atoms with Gasteiger partial charge in [-0.1, -0.05) is 19.9 Å². The number of hydrogen-bond acceptors (Lipinski definition) is 3. The number of nitrogens with two attached hydrogens (primary N) is 1. The molecule has 72 valence electrons. The van der Waals surface area contributed by atoms with Gasteiger partial charge >= 0.3 is 0 Å². The van der Waals surface area contributed by atoms with Gasteiger partial charge in [0.15, 0.2) is 0 Å².